The van der Waals surface area contributed by atoms with Crippen molar-refractivity contribution in [3.05, 3.63) is 65.2 Å². The molecule has 0 aliphatic heterocycles. The minimum atomic E-state index is -0.431. The summed E-state index contributed by atoms with van der Waals surface area (Å²) >= 11 is 5.99. The number of urea groups is 1. The molecule has 114 valence electrons. The van der Waals surface area contributed by atoms with Crippen LogP contribution in [0.25, 0.3) is 0 Å². The highest BCUT2D eigenvalue weighted by molar-refractivity contribution is 6.31. The van der Waals surface area contributed by atoms with Gasteiger partial charge < -0.3 is 16.0 Å². The maximum atomic E-state index is 11.7. The first-order chi connectivity index (χ1) is 10.6. The number of carbonyl (C=O) groups is 2. The summed E-state index contributed by atoms with van der Waals surface area (Å²) in [6.45, 7) is 0.212. The summed E-state index contributed by atoms with van der Waals surface area (Å²) in [5, 5.41) is 8.40. The van der Waals surface area contributed by atoms with E-state index >= 15 is 0 Å². The zero-order chi connectivity index (χ0) is 15.8. The van der Waals surface area contributed by atoms with Crippen molar-refractivity contribution in [1.82, 2.24) is 10.6 Å². The lowest BCUT2D eigenvalue weighted by atomic mass is 10.2. The van der Waals surface area contributed by atoms with Gasteiger partial charge in [-0.3, -0.25) is 4.79 Å². The summed E-state index contributed by atoms with van der Waals surface area (Å²) in [6, 6.07) is 15.8. The lowest BCUT2D eigenvalue weighted by Crippen LogP contribution is -2.38. The second-order valence-electron chi connectivity index (χ2n) is 4.54. The zero-order valence-corrected chi connectivity index (χ0v) is 12.6. The van der Waals surface area contributed by atoms with E-state index in [0.717, 1.165) is 5.56 Å². The molecule has 0 radical (unpaired) electrons. The molecular formula is C16H16ClN3O2. The van der Waals surface area contributed by atoms with Crippen LogP contribution in [0.15, 0.2) is 54.6 Å². The van der Waals surface area contributed by atoms with Crippen LogP contribution in [0.5, 0.6) is 0 Å². The number of para-hydroxylation sites is 1. The molecule has 2 aromatic carbocycles. The zero-order valence-electron chi connectivity index (χ0n) is 11.8. The van der Waals surface area contributed by atoms with Gasteiger partial charge in [0.25, 0.3) is 0 Å². The Hall–Kier alpha value is -2.53. The number of hydrogen-bond donors (Lipinski definition) is 3. The van der Waals surface area contributed by atoms with Crippen molar-refractivity contribution in [3.63, 3.8) is 0 Å². The van der Waals surface area contributed by atoms with Gasteiger partial charge in [-0.2, -0.15) is 0 Å². The average Bonchev–Trinajstić information content (AvgIpc) is 2.53. The van der Waals surface area contributed by atoms with Crippen molar-refractivity contribution in [2.24, 2.45) is 0 Å². The molecular weight excluding hydrogens is 302 g/mol. The van der Waals surface area contributed by atoms with Crippen LogP contribution in [-0.4, -0.2) is 18.5 Å². The van der Waals surface area contributed by atoms with Crippen molar-refractivity contribution in [2.45, 2.75) is 6.54 Å². The van der Waals surface area contributed by atoms with Crippen LogP contribution in [-0.2, 0) is 11.3 Å². The van der Waals surface area contributed by atoms with Gasteiger partial charge >= 0.3 is 6.03 Å². The summed E-state index contributed by atoms with van der Waals surface area (Å²) in [4.78, 5) is 23.3. The summed E-state index contributed by atoms with van der Waals surface area (Å²) < 4.78 is 0. The molecule has 6 heteroatoms. The van der Waals surface area contributed by atoms with Gasteiger partial charge in [-0.1, -0.05) is 48.0 Å². The van der Waals surface area contributed by atoms with Gasteiger partial charge in [0.2, 0.25) is 5.91 Å². The van der Waals surface area contributed by atoms with Crippen LogP contribution in [0, 0.1) is 0 Å². The molecule has 0 atom stereocenters. The topological polar surface area (TPSA) is 70.2 Å². The Bertz CT molecular complexity index is 647. The first-order valence-corrected chi connectivity index (χ1v) is 7.13. The lowest BCUT2D eigenvalue weighted by Gasteiger charge is -2.09. The monoisotopic (exact) mass is 317 g/mol. The van der Waals surface area contributed by atoms with Crippen molar-refractivity contribution < 1.29 is 9.59 Å². The van der Waals surface area contributed by atoms with E-state index in [4.69, 9.17) is 11.6 Å². The number of anilines is 1. The van der Waals surface area contributed by atoms with Crippen LogP contribution in [0.4, 0.5) is 10.5 Å². The minimum absolute atomic E-state index is 0.108. The Morgan fingerprint density at radius 2 is 1.59 bits per heavy atom. The lowest BCUT2D eigenvalue weighted by molar-refractivity contribution is -0.120. The van der Waals surface area contributed by atoms with E-state index in [1.807, 2.05) is 36.4 Å². The van der Waals surface area contributed by atoms with Gasteiger partial charge in [0.15, 0.2) is 0 Å². The summed E-state index contributed by atoms with van der Waals surface area (Å²) in [7, 11) is 0. The highest BCUT2D eigenvalue weighted by Crippen LogP contribution is 2.14. The molecule has 0 heterocycles. The summed E-state index contributed by atoms with van der Waals surface area (Å²) in [6.07, 6.45) is 0. The number of benzene rings is 2. The van der Waals surface area contributed by atoms with Gasteiger partial charge in [-0.15, -0.1) is 0 Å². The molecule has 0 bridgehead atoms. The van der Waals surface area contributed by atoms with E-state index in [1.54, 1.807) is 18.2 Å². The molecule has 0 spiro atoms. The van der Waals surface area contributed by atoms with E-state index < -0.39 is 6.03 Å². The first kappa shape index (κ1) is 15.9. The molecule has 2 rings (SSSR count). The third-order valence-corrected chi connectivity index (χ3v) is 3.24. The van der Waals surface area contributed by atoms with Gasteiger partial charge in [-0.25, -0.2) is 4.79 Å². The van der Waals surface area contributed by atoms with Gasteiger partial charge in [0.05, 0.1) is 6.54 Å². The third kappa shape index (κ3) is 5.10. The molecule has 0 saturated heterocycles. The van der Waals surface area contributed by atoms with Crippen LogP contribution < -0.4 is 16.0 Å². The number of hydrogen-bond acceptors (Lipinski definition) is 2. The van der Waals surface area contributed by atoms with Crippen LogP contribution in [0.1, 0.15) is 5.56 Å². The number of halogens is 1. The van der Waals surface area contributed by atoms with Crippen molar-refractivity contribution >= 4 is 29.2 Å². The number of rotatable bonds is 5. The van der Waals surface area contributed by atoms with Gasteiger partial charge in [0, 0.05) is 17.3 Å². The molecule has 0 saturated carbocycles. The summed E-state index contributed by atoms with van der Waals surface area (Å²) in [5.74, 6) is -0.289. The Balaban J connectivity index is 1.71. The number of carbonyl (C=O) groups excluding carboxylic acids is 2. The maximum absolute atomic E-state index is 11.7. The average molecular weight is 318 g/mol. The fourth-order valence-electron chi connectivity index (χ4n) is 1.76. The van der Waals surface area contributed by atoms with E-state index in [1.165, 1.54) is 0 Å². The smallest absolute Gasteiger partial charge is 0.319 e. The second kappa shape index (κ2) is 8.05. The maximum Gasteiger partial charge on any atom is 0.319 e. The van der Waals surface area contributed by atoms with Crippen molar-refractivity contribution in [1.29, 1.82) is 0 Å². The van der Waals surface area contributed by atoms with Gasteiger partial charge in [0.1, 0.15) is 0 Å². The third-order valence-electron chi connectivity index (χ3n) is 2.88. The largest absolute Gasteiger partial charge is 0.350 e. The fraction of sp³-hybridized carbons (Fsp3) is 0.125. The Kier molecular flexibility index (Phi) is 5.80. The predicted molar refractivity (Wildman–Crippen MR) is 86.8 cm³/mol. The van der Waals surface area contributed by atoms with Crippen LogP contribution >= 0.6 is 11.6 Å². The predicted octanol–water partition coefficient (Wildman–Crippen LogP) is 2.78. The number of nitrogens with one attached hydrogen (secondary N) is 3. The molecule has 0 aromatic heterocycles. The SMILES string of the molecule is O=C(CNC(=O)Nc1ccccc1)NCc1ccccc1Cl. The van der Waals surface area contributed by atoms with E-state index in [2.05, 4.69) is 16.0 Å². The Labute approximate surface area is 133 Å². The highest BCUT2D eigenvalue weighted by atomic mass is 35.5. The van der Waals surface area contributed by atoms with Crippen molar-refractivity contribution in [2.75, 3.05) is 11.9 Å². The Morgan fingerprint density at radius 3 is 2.32 bits per heavy atom. The molecule has 2 aromatic rings. The minimum Gasteiger partial charge on any atom is -0.350 e. The standard InChI is InChI=1S/C16H16ClN3O2/c17-14-9-5-4-6-12(14)10-18-15(21)11-19-16(22)20-13-7-2-1-3-8-13/h1-9H,10-11H2,(H,18,21)(H2,19,20,22). The van der Waals surface area contributed by atoms with Crippen LogP contribution in [0.3, 0.4) is 0 Å². The van der Waals surface area contributed by atoms with Crippen LogP contribution in [0.2, 0.25) is 5.02 Å². The molecule has 3 amide bonds. The quantitative estimate of drug-likeness (QED) is 0.793. The highest BCUT2D eigenvalue weighted by Gasteiger charge is 2.06. The van der Waals surface area contributed by atoms with E-state index in [-0.39, 0.29) is 12.5 Å². The normalized spacial score (nSPS) is 9.86. The first-order valence-electron chi connectivity index (χ1n) is 6.75. The van der Waals surface area contributed by atoms with Gasteiger partial charge in [-0.05, 0) is 23.8 Å². The molecule has 0 unspecified atom stereocenters. The second-order valence-corrected chi connectivity index (χ2v) is 4.95. The molecule has 3 N–H and O–H groups in total. The van der Waals surface area contributed by atoms with E-state index in [0.29, 0.717) is 17.3 Å². The molecule has 0 fully saturated rings. The fourth-order valence-corrected chi connectivity index (χ4v) is 1.96. The molecule has 22 heavy (non-hydrogen) atoms. The van der Waals surface area contributed by atoms with E-state index in [9.17, 15) is 9.59 Å². The number of amides is 3. The Morgan fingerprint density at radius 1 is 0.909 bits per heavy atom. The molecule has 5 nitrogen and oxygen atoms in total. The van der Waals surface area contributed by atoms with Crippen molar-refractivity contribution in [3.8, 4) is 0 Å². The summed E-state index contributed by atoms with van der Waals surface area (Å²) in [5.41, 5.74) is 1.49. The molecule has 0 aliphatic carbocycles. The molecule has 0 aliphatic rings.